The van der Waals surface area contributed by atoms with Crippen LogP contribution in [0.5, 0.6) is 0 Å². The highest BCUT2D eigenvalue weighted by atomic mass is 32.2. The second kappa shape index (κ2) is 6.04. The zero-order valence-corrected chi connectivity index (χ0v) is 9.17. The van der Waals surface area contributed by atoms with Crippen molar-refractivity contribution < 1.29 is 4.79 Å². The third-order valence-electron chi connectivity index (χ3n) is 1.42. The van der Waals surface area contributed by atoms with Gasteiger partial charge in [-0.15, -0.1) is 0 Å². The first kappa shape index (κ1) is 11.5. The van der Waals surface area contributed by atoms with Crippen LogP contribution >= 0.6 is 11.8 Å². The van der Waals surface area contributed by atoms with E-state index in [4.69, 9.17) is 5.73 Å². The maximum absolute atomic E-state index is 10.6. The summed E-state index contributed by atoms with van der Waals surface area (Å²) in [6, 6.07) is 0. The molecule has 0 spiro atoms. The van der Waals surface area contributed by atoms with Gasteiger partial charge >= 0.3 is 0 Å². The Morgan fingerprint density at radius 1 is 1.53 bits per heavy atom. The van der Waals surface area contributed by atoms with Gasteiger partial charge in [-0.05, 0) is 5.92 Å². The highest BCUT2D eigenvalue weighted by Gasteiger charge is 1.91. The first-order chi connectivity index (χ1) is 7.18. The van der Waals surface area contributed by atoms with Gasteiger partial charge in [-0.2, -0.15) is 0 Å². The van der Waals surface area contributed by atoms with Crippen LogP contribution in [0.2, 0.25) is 0 Å². The summed E-state index contributed by atoms with van der Waals surface area (Å²) in [5.74, 6) is 6.85. The summed E-state index contributed by atoms with van der Waals surface area (Å²) in [7, 11) is 0. The predicted molar refractivity (Wildman–Crippen MR) is 61.1 cm³/mol. The molecule has 1 aromatic rings. The van der Waals surface area contributed by atoms with Gasteiger partial charge in [0.2, 0.25) is 0 Å². The van der Waals surface area contributed by atoms with Crippen molar-refractivity contribution in [2.24, 2.45) is 0 Å². The molecule has 0 radical (unpaired) electrons. The summed E-state index contributed by atoms with van der Waals surface area (Å²) >= 11 is 1.27. The molecule has 4 nitrogen and oxygen atoms in total. The highest BCUT2D eigenvalue weighted by molar-refractivity contribution is 8.13. The zero-order chi connectivity index (χ0) is 11.1. The Balaban J connectivity index is 2.38. The normalized spacial score (nSPS) is 9.13. The van der Waals surface area contributed by atoms with Gasteiger partial charge in [-0.25, -0.2) is 9.97 Å². The number of aromatic nitrogens is 2. The summed E-state index contributed by atoms with van der Waals surface area (Å²) in [5.41, 5.74) is 5.97. The van der Waals surface area contributed by atoms with Crippen molar-refractivity contribution in [3.63, 3.8) is 0 Å². The fraction of sp³-hybridized carbons (Fsp3) is 0.300. The monoisotopic (exact) mass is 221 g/mol. The summed E-state index contributed by atoms with van der Waals surface area (Å²) < 4.78 is 0. The Bertz CT molecular complexity index is 391. The molecule has 0 amide bonds. The van der Waals surface area contributed by atoms with Gasteiger partial charge in [0.15, 0.2) is 5.12 Å². The molecular formula is C10H11N3OS. The van der Waals surface area contributed by atoms with Gasteiger partial charge in [0, 0.05) is 19.1 Å². The molecule has 0 atom stereocenters. The topological polar surface area (TPSA) is 68.9 Å². The predicted octanol–water partition coefficient (Wildman–Crippen LogP) is 1.08. The summed E-state index contributed by atoms with van der Waals surface area (Å²) in [4.78, 5) is 18.4. The van der Waals surface area contributed by atoms with E-state index in [-0.39, 0.29) is 5.12 Å². The molecule has 1 aromatic heterocycles. The largest absolute Gasteiger partial charge is 0.382 e. The maximum Gasteiger partial charge on any atom is 0.185 e. The molecule has 0 aliphatic rings. The standard InChI is InChI=1S/C10H11N3OS/c1-8(14)15-5-3-2-4-9-6-13-10(11)7-12-9/h6-7H,3,5H2,1H3,(H2,11,13). The van der Waals surface area contributed by atoms with Crippen molar-refractivity contribution in [1.29, 1.82) is 0 Å². The lowest BCUT2D eigenvalue weighted by Gasteiger charge is -1.90. The Hall–Kier alpha value is -1.54. The maximum atomic E-state index is 10.6. The van der Waals surface area contributed by atoms with Gasteiger partial charge in [0.25, 0.3) is 0 Å². The number of carbonyl (C=O) groups excluding carboxylic acids is 1. The molecule has 0 fully saturated rings. The number of thioether (sulfide) groups is 1. The average Bonchev–Trinajstić information content (AvgIpc) is 2.20. The third kappa shape index (κ3) is 5.03. The van der Waals surface area contributed by atoms with E-state index in [9.17, 15) is 4.79 Å². The number of nitrogens with zero attached hydrogens (tertiary/aromatic N) is 2. The van der Waals surface area contributed by atoms with E-state index in [0.717, 1.165) is 0 Å². The van der Waals surface area contributed by atoms with Gasteiger partial charge in [-0.3, -0.25) is 4.79 Å². The lowest BCUT2D eigenvalue weighted by atomic mass is 10.4. The molecule has 1 rings (SSSR count). The number of nitrogen functional groups attached to an aromatic ring is 1. The van der Waals surface area contributed by atoms with Crippen molar-refractivity contribution in [1.82, 2.24) is 9.97 Å². The number of hydrogen-bond acceptors (Lipinski definition) is 5. The van der Waals surface area contributed by atoms with Crippen LogP contribution in [0.25, 0.3) is 0 Å². The number of anilines is 1. The highest BCUT2D eigenvalue weighted by Crippen LogP contribution is 2.02. The number of nitrogens with two attached hydrogens (primary N) is 1. The van der Waals surface area contributed by atoms with Crippen LogP contribution in [0.1, 0.15) is 19.0 Å². The van der Waals surface area contributed by atoms with Gasteiger partial charge in [0.1, 0.15) is 11.5 Å². The Kier molecular flexibility index (Phi) is 4.64. The zero-order valence-electron chi connectivity index (χ0n) is 8.36. The molecule has 0 saturated carbocycles. The third-order valence-corrected chi connectivity index (χ3v) is 2.24. The summed E-state index contributed by atoms with van der Waals surface area (Å²) in [6.45, 7) is 1.55. The van der Waals surface area contributed by atoms with Crippen LogP contribution in [0, 0.1) is 11.8 Å². The molecule has 2 N–H and O–H groups in total. The van der Waals surface area contributed by atoms with E-state index in [1.807, 2.05) is 0 Å². The minimum absolute atomic E-state index is 0.115. The summed E-state index contributed by atoms with van der Waals surface area (Å²) in [6.07, 6.45) is 3.66. The van der Waals surface area contributed by atoms with Crippen molar-refractivity contribution in [2.75, 3.05) is 11.5 Å². The lowest BCUT2D eigenvalue weighted by Crippen LogP contribution is -1.92. The van der Waals surface area contributed by atoms with E-state index in [2.05, 4.69) is 21.8 Å². The van der Waals surface area contributed by atoms with Crippen LogP contribution in [0.15, 0.2) is 12.4 Å². The molecule has 0 aromatic carbocycles. The van der Waals surface area contributed by atoms with E-state index in [1.54, 1.807) is 6.92 Å². The van der Waals surface area contributed by atoms with Crippen LogP contribution in [0.4, 0.5) is 5.82 Å². The Morgan fingerprint density at radius 2 is 2.33 bits per heavy atom. The van der Waals surface area contributed by atoms with Gasteiger partial charge in [-0.1, -0.05) is 17.7 Å². The Labute approximate surface area is 92.7 Å². The smallest absolute Gasteiger partial charge is 0.185 e. The average molecular weight is 221 g/mol. The minimum Gasteiger partial charge on any atom is -0.382 e. The van der Waals surface area contributed by atoms with Crippen molar-refractivity contribution in [3.8, 4) is 11.8 Å². The van der Waals surface area contributed by atoms with Crippen LogP contribution in [-0.4, -0.2) is 20.8 Å². The molecule has 5 heteroatoms. The van der Waals surface area contributed by atoms with Crippen LogP contribution in [0.3, 0.4) is 0 Å². The quantitative estimate of drug-likeness (QED) is 0.598. The Morgan fingerprint density at radius 3 is 2.93 bits per heavy atom. The molecular weight excluding hydrogens is 210 g/mol. The molecule has 0 bridgehead atoms. The first-order valence-corrected chi connectivity index (χ1v) is 5.37. The summed E-state index contributed by atoms with van der Waals surface area (Å²) in [5, 5.41) is 0.115. The van der Waals surface area contributed by atoms with Crippen LogP contribution < -0.4 is 5.73 Å². The number of rotatable bonds is 2. The molecule has 0 aliphatic heterocycles. The second-order valence-electron chi connectivity index (χ2n) is 2.72. The molecule has 0 saturated heterocycles. The van der Waals surface area contributed by atoms with E-state index >= 15 is 0 Å². The lowest BCUT2D eigenvalue weighted by molar-refractivity contribution is -0.109. The SMILES string of the molecule is CC(=O)SCCC#Cc1cnc(N)cn1. The van der Waals surface area contributed by atoms with Crippen molar-refractivity contribution >= 4 is 22.7 Å². The minimum atomic E-state index is 0.115. The van der Waals surface area contributed by atoms with Crippen LogP contribution in [-0.2, 0) is 4.79 Å². The number of hydrogen-bond donors (Lipinski definition) is 1. The fourth-order valence-corrected chi connectivity index (χ4v) is 1.29. The number of carbonyl (C=O) groups is 1. The second-order valence-corrected chi connectivity index (χ2v) is 3.99. The molecule has 15 heavy (non-hydrogen) atoms. The van der Waals surface area contributed by atoms with Crippen molar-refractivity contribution in [3.05, 3.63) is 18.1 Å². The first-order valence-electron chi connectivity index (χ1n) is 4.38. The fourth-order valence-electron chi connectivity index (χ4n) is 0.801. The van der Waals surface area contributed by atoms with E-state index in [0.29, 0.717) is 23.7 Å². The molecule has 0 aliphatic carbocycles. The van der Waals surface area contributed by atoms with E-state index < -0.39 is 0 Å². The van der Waals surface area contributed by atoms with Gasteiger partial charge in [0.05, 0.1) is 12.4 Å². The molecule has 0 unspecified atom stereocenters. The molecule has 78 valence electrons. The van der Waals surface area contributed by atoms with Gasteiger partial charge < -0.3 is 5.73 Å². The van der Waals surface area contributed by atoms with E-state index in [1.165, 1.54) is 24.2 Å². The molecule has 1 heterocycles. The van der Waals surface area contributed by atoms with Crippen molar-refractivity contribution in [2.45, 2.75) is 13.3 Å².